The number of methoxy groups -OCH3 is 1. The molecule has 0 radical (unpaired) electrons. The van der Waals surface area contributed by atoms with E-state index in [0.29, 0.717) is 16.4 Å². The smallest absolute Gasteiger partial charge is 0.152 e. The number of hydrogen-bond donors (Lipinski definition) is 1. The number of nitrogens with two attached hydrogens (primary N) is 1. The second kappa shape index (κ2) is 5.08. The SMILES string of the molecule is CCC(OC)C(N)c1cc2cccc(Cl)c2o1. The van der Waals surface area contributed by atoms with Crippen molar-refractivity contribution in [1.82, 2.24) is 0 Å². The lowest BCUT2D eigenvalue weighted by Gasteiger charge is -2.18. The Kier molecular flexibility index (Phi) is 3.72. The Balaban J connectivity index is 2.39. The third-order valence-electron chi connectivity index (χ3n) is 2.95. The number of para-hydroxylation sites is 1. The van der Waals surface area contributed by atoms with Gasteiger partial charge in [-0.3, -0.25) is 0 Å². The minimum Gasteiger partial charge on any atom is -0.458 e. The van der Waals surface area contributed by atoms with E-state index < -0.39 is 0 Å². The highest BCUT2D eigenvalue weighted by molar-refractivity contribution is 6.34. The second-order valence-corrected chi connectivity index (χ2v) is 4.42. The highest BCUT2D eigenvalue weighted by atomic mass is 35.5. The predicted octanol–water partition coefficient (Wildman–Crippen LogP) is 3.51. The van der Waals surface area contributed by atoms with Gasteiger partial charge in [0.2, 0.25) is 0 Å². The summed E-state index contributed by atoms with van der Waals surface area (Å²) in [5.41, 5.74) is 6.80. The summed E-state index contributed by atoms with van der Waals surface area (Å²) in [7, 11) is 1.66. The summed E-state index contributed by atoms with van der Waals surface area (Å²) in [5, 5.41) is 1.57. The van der Waals surface area contributed by atoms with Gasteiger partial charge in [-0.25, -0.2) is 0 Å². The van der Waals surface area contributed by atoms with Crippen molar-refractivity contribution in [3.05, 3.63) is 35.0 Å². The Hall–Kier alpha value is -1.03. The van der Waals surface area contributed by atoms with E-state index in [9.17, 15) is 0 Å². The van der Waals surface area contributed by atoms with Crippen LogP contribution in [-0.2, 0) is 4.74 Å². The van der Waals surface area contributed by atoms with Gasteiger partial charge in [0.15, 0.2) is 5.58 Å². The van der Waals surface area contributed by atoms with Gasteiger partial charge in [-0.1, -0.05) is 30.7 Å². The van der Waals surface area contributed by atoms with Crippen molar-refractivity contribution < 1.29 is 9.15 Å². The average molecular weight is 254 g/mol. The molecular formula is C13H16ClNO2. The largest absolute Gasteiger partial charge is 0.458 e. The standard InChI is InChI=1S/C13H16ClNO2/c1-3-10(16-2)12(15)11-7-8-5-4-6-9(14)13(8)17-11/h4-7,10,12H,3,15H2,1-2H3. The van der Waals surface area contributed by atoms with Crippen LogP contribution in [0.15, 0.2) is 28.7 Å². The van der Waals surface area contributed by atoms with E-state index in [1.807, 2.05) is 25.1 Å². The molecule has 1 aromatic heterocycles. The number of furan rings is 1. The molecule has 3 nitrogen and oxygen atoms in total. The molecule has 92 valence electrons. The zero-order valence-electron chi connectivity index (χ0n) is 9.94. The van der Waals surface area contributed by atoms with Gasteiger partial charge in [-0.15, -0.1) is 0 Å². The molecule has 0 saturated carbocycles. The van der Waals surface area contributed by atoms with E-state index in [1.165, 1.54) is 0 Å². The Labute approximate surface area is 105 Å². The zero-order chi connectivity index (χ0) is 12.4. The minimum atomic E-state index is -0.270. The van der Waals surface area contributed by atoms with Crippen LogP contribution >= 0.6 is 11.6 Å². The van der Waals surface area contributed by atoms with Gasteiger partial charge in [-0.2, -0.15) is 0 Å². The molecule has 1 aromatic carbocycles. The van der Waals surface area contributed by atoms with Gasteiger partial charge in [0.05, 0.1) is 17.2 Å². The Morgan fingerprint density at radius 1 is 1.47 bits per heavy atom. The number of rotatable bonds is 4. The van der Waals surface area contributed by atoms with Gasteiger partial charge in [0.1, 0.15) is 5.76 Å². The lowest BCUT2D eigenvalue weighted by atomic mass is 10.1. The maximum atomic E-state index is 6.11. The molecule has 17 heavy (non-hydrogen) atoms. The van der Waals surface area contributed by atoms with Crippen LogP contribution in [0.4, 0.5) is 0 Å². The summed E-state index contributed by atoms with van der Waals surface area (Å²) in [6, 6.07) is 7.30. The van der Waals surface area contributed by atoms with Crippen molar-refractivity contribution in [3.8, 4) is 0 Å². The normalized spacial score (nSPS) is 15.1. The Morgan fingerprint density at radius 3 is 2.82 bits per heavy atom. The summed E-state index contributed by atoms with van der Waals surface area (Å²) in [5.74, 6) is 0.710. The maximum Gasteiger partial charge on any atom is 0.152 e. The van der Waals surface area contributed by atoms with Crippen LogP contribution in [0.3, 0.4) is 0 Å². The molecule has 2 rings (SSSR count). The molecule has 2 atom stereocenters. The second-order valence-electron chi connectivity index (χ2n) is 4.02. The zero-order valence-corrected chi connectivity index (χ0v) is 10.7. The predicted molar refractivity (Wildman–Crippen MR) is 69.2 cm³/mol. The average Bonchev–Trinajstić information content (AvgIpc) is 2.76. The van der Waals surface area contributed by atoms with Gasteiger partial charge in [-0.05, 0) is 18.6 Å². The van der Waals surface area contributed by atoms with Crippen molar-refractivity contribution in [2.45, 2.75) is 25.5 Å². The molecule has 0 spiro atoms. The Bertz CT molecular complexity index is 505. The van der Waals surface area contributed by atoms with Crippen molar-refractivity contribution >= 4 is 22.6 Å². The lowest BCUT2D eigenvalue weighted by Crippen LogP contribution is -2.26. The van der Waals surface area contributed by atoms with E-state index in [-0.39, 0.29) is 12.1 Å². The topological polar surface area (TPSA) is 48.4 Å². The van der Waals surface area contributed by atoms with Crippen LogP contribution in [-0.4, -0.2) is 13.2 Å². The highest BCUT2D eigenvalue weighted by Crippen LogP contribution is 2.30. The fourth-order valence-electron chi connectivity index (χ4n) is 1.96. The maximum absolute atomic E-state index is 6.11. The minimum absolute atomic E-state index is 0.0469. The molecule has 1 heterocycles. The van der Waals surface area contributed by atoms with Crippen molar-refractivity contribution in [2.75, 3.05) is 7.11 Å². The van der Waals surface area contributed by atoms with E-state index in [4.69, 9.17) is 26.5 Å². The molecule has 0 fully saturated rings. The number of ether oxygens (including phenoxy) is 1. The van der Waals surface area contributed by atoms with Crippen molar-refractivity contribution in [1.29, 1.82) is 0 Å². The monoisotopic (exact) mass is 253 g/mol. The first kappa shape index (κ1) is 12.4. The van der Waals surface area contributed by atoms with E-state index in [1.54, 1.807) is 13.2 Å². The number of halogens is 1. The number of fused-ring (bicyclic) bond motifs is 1. The third-order valence-corrected chi connectivity index (χ3v) is 3.25. The Morgan fingerprint density at radius 2 is 2.24 bits per heavy atom. The number of benzene rings is 1. The van der Waals surface area contributed by atoms with Crippen molar-refractivity contribution in [3.63, 3.8) is 0 Å². The summed E-state index contributed by atoms with van der Waals surface area (Å²) in [6.45, 7) is 2.03. The van der Waals surface area contributed by atoms with Crippen LogP contribution < -0.4 is 5.73 Å². The first-order valence-electron chi connectivity index (χ1n) is 5.63. The van der Waals surface area contributed by atoms with Crippen LogP contribution in [0.1, 0.15) is 25.1 Å². The highest BCUT2D eigenvalue weighted by Gasteiger charge is 2.21. The molecule has 0 aliphatic heterocycles. The van der Waals surface area contributed by atoms with Crippen molar-refractivity contribution in [2.24, 2.45) is 5.73 Å². The quantitative estimate of drug-likeness (QED) is 0.907. The summed E-state index contributed by atoms with van der Waals surface area (Å²) < 4.78 is 11.0. The molecule has 0 aliphatic carbocycles. The fraction of sp³-hybridized carbons (Fsp3) is 0.385. The van der Waals surface area contributed by atoms with Gasteiger partial charge < -0.3 is 14.9 Å². The van der Waals surface area contributed by atoms with Gasteiger partial charge in [0.25, 0.3) is 0 Å². The molecule has 2 unspecified atom stereocenters. The first-order chi connectivity index (χ1) is 8.17. The van der Waals surface area contributed by atoms with E-state index in [2.05, 4.69) is 0 Å². The van der Waals surface area contributed by atoms with Gasteiger partial charge >= 0.3 is 0 Å². The molecule has 2 aromatic rings. The molecule has 0 aliphatic rings. The molecule has 4 heteroatoms. The first-order valence-corrected chi connectivity index (χ1v) is 6.01. The number of hydrogen-bond acceptors (Lipinski definition) is 3. The lowest BCUT2D eigenvalue weighted by molar-refractivity contribution is 0.0714. The molecule has 0 bridgehead atoms. The molecule has 2 N–H and O–H groups in total. The molecular weight excluding hydrogens is 238 g/mol. The van der Waals surface area contributed by atoms with E-state index >= 15 is 0 Å². The molecule has 0 amide bonds. The third kappa shape index (κ3) is 2.32. The van der Waals surface area contributed by atoms with Gasteiger partial charge in [0, 0.05) is 12.5 Å². The molecule has 0 saturated heterocycles. The van der Waals surface area contributed by atoms with Crippen LogP contribution in [0.25, 0.3) is 11.0 Å². The fourth-order valence-corrected chi connectivity index (χ4v) is 2.18. The summed E-state index contributed by atoms with van der Waals surface area (Å²) in [6.07, 6.45) is 0.789. The van der Waals surface area contributed by atoms with E-state index in [0.717, 1.165) is 11.8 Å². The summed E-state index contributed by atoms with van der Waals surface area (Å²) >= 11 is 6.06. The summed E-state index contributed by atoms with van der Waals surface area (Å²) in [4.78, 5) is 0. The van der Waals surface area contributed by atoms with Crippen LogP contribution in [0, 0.1) is 0 Å². The van der Waals surface area contributed by atoms with Crippen LogP contribution in [0.5, 0.6) is 0 Å². The van der Waals surface area contributed by atoms with Crippen LogP contribution in [0.2, 0.25) is 5.02 Å².